The fourth-order valence-corrected chi connectivity index (χ4v) is 2.63. The normalized spacial score (nSPS) is 14.3. The van der Waals surface area contributed by atoms with Gasteiger partial charge >= 0.3 is 6.03 Å². The van der Waals surface area contributed by atoms with E-state index in [0.717, 1.165) is 25.9 Å². The molecule has 0 aliphatic carbocycles. The van der Waals surface area contributed by atoms with E-state index in [9.17, 15) is 9.18 Å². The second-order valence-corrected chi connectivity index (χ2v) is 5.68. The smallest absolute Gasteiger partial charge is 0.319 e. The lowest BCUT2D eigenvalue weighted by molar-refractivity contribution is 0.251. The number of hydrogen-bond donors (Lipinski definition) is 2. The number of anilines is 2. The molecule has 0 radical (unpaired) electrons. The van der Waals surface area contributed by atoms with Crippen LogP contribution < -0.4 is 15.5 Å². The summed E-state index contributed by atoms with van der Waals surface area (Å²) in [7, 11) is 0. The molecule has 2 amide bonds. The highest BCUT2D eigenvalue weighted by atomic mass is 19.1. The van der Waals surface area contributed by atoms with Crippen LogP contribution in [0, 0.1) is 5.82 Å². The number of carbonyl (C=O) groups is 1. The molecular weight excluding hydrogens is 309 g/mol. The minimum absolute atomic E-state index is 0.145. The van der Waals surface area contributed by atoms with Crippen molar-refractivity contribution in [2.75, 3.05) is 23.3 Å². The lowest BCUT2D eigenvalue weighted by atomic mass is 10.1. The van der Waals surface area contributed by atoms with Gasteiger partial charge in [-0.1, -0.05) is 12.1 Å². The van der Waals surface area contributed by atoms with Crippen LogP contribution in [0.3, 0.4) is 0 Å². The second-order valence-electron chi connectivity index (χ2n) is 5.68. The maximum atomic E-state index is 13.5. The average molecular weight is 329 g/mol. The molecule has 7 heteroatoms. The Morgan fingerprint density at radius 3 is 2.75 bits per heavy atom. The van der Waals surface area contributed by atoms with Gasteiger partial charge in [0.2, 0.25) is 5.95 Å². The van der Waals surface area contributed by atoms with Crippen molar-refractivity contribution < 1.29 is 9.18 Å². The molecule has 126 valence electrons. The van der Waals surface area contributed by atoms with Crippen molar-refractivity contribution >= 4 is 17.7 Å². The van der Waals surface area contributed by atoms with Gasteiger partial charge in [-0.05, 0) is 37.5 Å². The second kappa shape index (κ2) is 7.72. The van der Waals surface area contributed by atoms with Gasteiger partial charge in [0.1, 0.15) is 5.82 Å². The average Bonchev–Trinajstić information content (AvgIpc) is 2.63. The number of piperidine rings is 1. The first kappa shape index (κ1) is 16.2. The van der Waals surface area contributed by atoms with Crippen molar-refractivity contribution in [2.45, 2.75) is 25.8 Å². The van der Waals surface area contributed by atoms with Crippen molar-refractivity contribution in [2.24, 2.45) is 0 Å². The van der Waals surface area contributed by atoms with Gasteiger partial charge in [-0.3, -0.25) is 0 Å². The Balaban J connectivity index is 1.56. The molecule has 2 heterocycles. The van der Waals surface area contributed by atoms with Gasteiger partial charge in [0.05, 0.1) is 17.9 Å². The number of nitrogens with zero attached hydrogens (tertiary/aromatic N) is 3. The zero-order chi connectivity index (χ0) is 16.8. The van der Waals surface area contributed by atoms with Gasteiger partial charge < -0.3 is 15.5 Å². The third-order valence-electron chi connectivity index (χ3n) is 3.89. The Bertz CT molecular complexity index is 703. The highest BCUT2D eigenvalue weighted by Crippen LogP contribution is 2.15. The minimum Gasteiger partial charge on any atom is -0.341 e. The summed E-state index contributed by atoms with van der Waals surface area (Å²) < 4.78 is 13.5. The molecule has 24 heavy (non-hydrogen) atoms. The molecular formula is C17H20FN5O. The van der Waals surface area contributed by atoms with Gasteiger partial charge in [0.15, 0.2) is 0 Å². The molecule has 1 saturated heterocycles. The maximum Gasteiger partial charge on any atom is 0.319 e. The van der Waals surface area contributed by atoms with Crippen molar-refractivity contribution in [3.63, 3.8) is 0 Å². The number of urea groups is 1. The summed E-state index contributed by atoms with van der Waals surface area (Å²) in [5.41, 5.74) is 0.862. The van der Waals surface area contributed by atoms with Crippen LogP contribution in [0.4, 0.5) is 20.8 Å². The summed E-state index contributed by atoms with van der Waals surface area (Å²) in [5.74, 6) is 0.227. The maximum absolute atomic E-state index is 13.5. The molecule has 1 aliphatic heterocycles. The Labute approximate surface area is 140 Å². The number of carbonyl (C=O) groups excluding carboxylic acids is 1. The summed E-state index contributed by atoms with van der Waals surface area (Å²) in [6.07, 6.45) is 5.24. The molecule has 6 nitrogen and oxygen atoms in total. The summed E-state index contributed by atoms with van der Waals surface area (Å²) in [5, 5.41) is 5.16. The Morgan fingerprint density at radius 1 is 1.17 bits per heavy atom. The van der Waals surface area contributed by atoms with E-state index in [2.05, 4.69) is 25.5 Å². The van der Waals surface area contributed by atoms with E-state index in [-0.39, 0.29) is 12.2 Å². The van der Waals surface area contributed by atoms with E-state index < -0.39 is 11.8 Å². The summed E-state index contributed by atoms with van der Waals surface area (Å²) in [4.78, 5) is 22.8. The zero-order valence-corrected chi connectivity index (χ0v) is 13.3. The van der Waals surface area contributed by atoms with Crippen LogP contribution in [0.2, 0.25) is 0 Å². The van der Waals surface area contributed by atoms with Crippen LogP contribution in [0.1, 0.15) is 25.0 Å². The van der Waals surface area contributed by atoms with Gasteiger partial charge in [0.25, 0.3) is 0 Å². The van der Waals surface area contributed by atoms with Crippen LogP contribution in [0.5, 0.6) is 0 Å². The lowest BCUT2D eigenvalue weighted by Gasteiger charge is -2.26. The number of para-hydroxylation sites is 1. The number of amides is 2. The largest absolute Gasteiger partial charge is 0.341 e. The van der Waals surface area contributed by atoms with Crippen LogP contribution in [-0.2, 0) is 6.54 Å². The first-order valence-electron chi connectivity index (χ1n) is 8.08. The first-order valence-corrected chi connectivity index (χ1v) is 8.08. The topological polar surface area (TPSA) is 70.2 Å². The van der Waals surface area contributed by atoms with Crippen molar-refractivity contribution in [3.8, 4) is 0 Å². The first-order chi connectivity index (χ1) is 11.7. The van der Waals surface area contributed by atoms with Crippen molar-refractivity contribution in [3.05, 3.63) is 48.0 Å². The van der Waals surface area contributed by atoms with Crippen molar-refractivity contribution in [1.29, 1.82) is 0 Å². The van der Waals surface area contributed by atoms with Crippen LogP contribution in [0.15, 0.2) is 36.5 Å². The van der Waals surface area contributed by atoms with E-state index >= 15 is 0 Å². The highest BCUT2D eigenvalue weighted by molar-refractivity contribution is 5.89. The quantitative estimate of drug-likeness (QED) is 0.905. The van der Waals surface area contributed by atoms with E-state index in [1.165, 1.54) is 18.6 Å². The molecule has 0 unspecified atom stereocenters. The van der Waals surface area contributed by atoms with Crippen LogP contribution in [0.25, 0.3) is 0 Å². The third-order valence-corrected chi connectivity index (χ3v) is 3.89. The third kappa shape index (κ3) is 4.18. The number of rotatable bonds is 4. The predicted molar refractivity (Wildman–Crippen MR) is 90.4 cm³/mol. The predicted octanol–water partition coefficient (Wildman–Crippen LogP) is 2.93. The highest BCUT2D eigenvalue weighted by Gasteiger charge is 2.14. The standard InChI is InChI=1S/C17H20FN5O/c18-14-6-2-3-7-15(14)22-17(24)20-12-13-8-9-19-16(21-13)23-10-4-1-5-11-23/h2-3,6-9H,1,4-5,10-12H2,(H2,20,22,24). The fraction of sp³-hybridized carbons (Fsp3) is 0.353. The fourth-order valence-electron chi connectivity index (χ4n) is 2.63. The Morgan fingerprint density at radius 2 is 1.96 bits per heavy atom. The molecule has 0 atom stereocenters. The molecule has 2 aromatic rings. The lowest BCUT2D eigenvalue weighted by Crippen LogP contribution is -2.32. The monoisotopic (exact) mass is 329 g/mol. The number of halogens is 1. The summed E-state index contributed by atoms with van der Waals surface area (Å²) in [6, 6.07) is 7.32. The number of benzene rings is 1. The van der Waals surface area contributed by atoms with Gasteiger partial charge in [-0.15, -0.1) is 0 Å². The molecule has 1 aromatic heterocycles. The van der Waals surface area contributed by atoms with Gasteiger partial charge in [-0.25, -0.2) is 19.2 Å². The molecule has 1 fully saturated rings. The molecule has 0 saturated carbocycles. The minimum atomic E-state index is -0.474. The van der Waals surface area contributed by atoms with Crippen LogP contribution in [-0.4, -0.2) is 29.1 Å². The van der Waals surface area contributed by atoms with E-state index in [0.29, 0.717) is 11.6 Å². The molecule has 3 rings (SSSR count). The summed E-state index contributed by atoms with van der Waals surface area (Å²) in [6.45, 7) is 2.18. The SMILES string of the molecule is O=C(NCc1ccnc(N2CCCCC2)n1)Nc1ccccc1F. The molecule has 0 spiro atoms. The zero-order valence-electron chi connectivity index (χ0n) is 13.3. The summed E-state index contributed by atoms with van der Waals surface area (Å²) >= 11 is 0. The molecule has 1 aliphatic rings. The van der Waals surface area contributed by atoms with Crippen molar-refractivity contribution in [1.82, 2.24) is 15.3 Å². The Hall–Kier alpha value is -2.70. The molecule has 1 aromatic carbocycles. The molecule has 2 N–H and O–H groups in total. The van der Waals surface area contributed by atoms with E-state index in [4.69, 9.17) is 0 Å². The van der Waals surface area contributed by atoms with Gasteiger partial charge in [-0.2, -0.15) is 0 Å². The number of nitrogens with one attached hydrogen (secondary N) is 2. The number of aromatic nitrogens is 2. The Kier molecular flexibility index (Phi) is 5.20. The number of hydrogen-bond acceptors (Lipinski definition) is 4. The van der Waals surface area contributed by atoms with Crippen LogP contribution >= 0.6 is 0 Å². The van der Waals surface area contributed by atoms with E-state index in [1.807, 2.05) is 0 Å². The molecule has 0 bridgehead atoms. The van der Waals surface area contributed by atoms with Gasteiger partial charge in [0, 0.05) is 19.3 Å². The van der Waals surface area contributed by atoms with E-state index in [1.54, 1.807) is 24.4 Å².